The molecular formula is C23H35NO7S3. The van der Waals surface area contributed by atoms with E-state index in [0.717, 1.165) is 6.42 Å². The summed E-state index contributed by atoms with van der Waals surface area (Å²) in [6, 6.07) is 0. The highest BCUT2D eigenvalue weighted by Crippen LogP contribution is 2.55. The maximum absolute atomic E-state index is 13.0. The molecule has 5 atom stereocenters. The number of esters is 2. The lowest BCUT2D eigenvalue weighted by molar-refractivity contribution is -0.177. The number of hydrogen-bond donors (Lipinski definition) is 1. The molecule has 0 spiro atoms. The molecule has 0 aromatic rings. The van der Waals surface area contributed by atoms with Crippen LogP contribution in [0.3, 0.4) is 0 Å². The van der Waals surface area contributed by atoms with Crippen LogP contribution in [-0.2, 0) is 35.0 Å². The van der Waals surface area contributed by atoms with E-state index in [9.17, 15) is 24.0 Å². The first-order valence-electron chi connectivity index (χ1n) is 11.4. The second-order valence-corrected chi connectivity index (χ2v) is 15.5. The Kier molecular flexibility index (Phi) is 8.34. The number of hydrogen-bond acceptors (Lipinski definition) is 9. The van der Waals surface area contributed by atoms with E-state index in [-0.39, 0.29) is 33.1 Å². The van der Waals surface area contributed by atoms with Gasteiger partial charge < -0.3 is 19.1 Å². The summed E-state index contributed by atoms with van der Waals surface area (Å²) in [7, 11) is 0. The molecule has 0 bridgehead atoms. The average molecular weight is 534 g/mol. The minimum Gasteiger partial charge on any atom is -0.616 e. The molecule has 0 aromatic heterocycles. The summed E-state index contributed by atoms with van der Waals surface area (Å²) in [5.41, 5.74) is -0.566. The van der Waals surface area contributed by atoms with Crippen LogP contribution in [0.15, 0.2) is 9.93 Å². The second kappa shape index (κ2) is 10.2. The number of aliphatic hydroxyl groups excluding tert-OH is 1. The van der Waals surface area contributed by atoms with Gasteiger partial charge >= 0.3 is 11.9 Å². The SMILES string of the molecule is C[C@@H](O)[C@H]1C(=O)N2C(C(=O)OCOC(=O)C(C(C)(C)C)C(C)(C)C)=C(S[C@H]3CC[S@@+]([O-])C3)S[C@H]12. The van der Waals surface area contributed by atoms with Crippen LogP contribution in [0, 0.1) is 22.7 Å². The third-order valence-corrected chi connectivity index (χ3v) is 10.7. The van der Waals surface area contributed by atoms with Gasteiger partial charge in [0.15, 0.2) is 5.70 Å². The van der Waals surface area contributed by atoms with Crippen LogP contribution in [-0.4, -0.2) is 67.4 Å². The molecule has 0 aliphatic carbocycles. The highest BCUT2D eigenvalue weighted by molar-refractivity contribution is 8.23. The van der Waals surface area contributed by atoms with Crippen LogP contribution >= 0.6 is 23.5 Å². The van der Waals surface area contributed by atoms with E-state index in [1.807, 2.05) is 41.5 Å². The summed E-state index contributed by atoms with van der Waals surface area (Å²) in [4.78, 5) is 39.9. The zero-order valence-electron chi connectivity index (χ0n) is 20.8. The van der Waals surface area contributed by atoms with Gasteiger partial charge in [0.25, 0.3) is 0 Å². The first kappa shape index (κ1) is 27.7. The number of thioether (sulfide) groups is 2. The van der Waals surface area contributed by atoms with Gasteiger partial charge in [0.2, 0.25) is 12.7 Å². The van der Waals surface area contributed by atoms with Gasteiger partial charge in [-0.15, -0.1) is 11.8 Å². The topological polar surface area (TPSA) is 116 Å². The summed E-state index contributed by atoms with van der Waals surface area (Å²) < 4.78 is 23.1. The van der Waals surface area contributed by atoms with Crippen molar-refractivity contribution in [3.8, 4) is 0 Å². The van der Waals surface area contributed by atoms with Crippen LogP contribution in [0.4, 0.5) is 0 Å². The number of amides is 1. The van der Waals surface area contributed by atoms with Gasteiger partial charge in [-0.3, -0.25) is 14.5 Å². The van der Waals surface area contributed by atoms with Gasteiger partial charge in [-0.2, -0.15) is 0 Å². The minimum atomic E-state index is -0.875. The summed E-state index contributed by atoms with van der Waals surface area (Å²) >= 11 is 1.92. The molecule has 0 radical (unpaired) electrons. The highest BCUT2D eigenvalue weighted by atomic mass is 32.2. The Hall–Kier alpha value is -0.880. The van der Waals surface area contributed by atoms with Crippen molar-refractivity contribution in [3.05, 3.63) is 9.93 Å². The first-order valence-corrected chi connectivity index (χ1v) is 14.6. The molecule has 0 unspecified atom stereocenters. The fourth-order valence-corrected chi connectivity index (χ4v) is 10.3. The zero-order chi connectivity index (χ0) is 25.6. The van der Waals surface area contributed by atoms with Crippen molar-refractivity contribution in [3.63, 3.8) is 0 Å². The number of aliphatic hydroxyl groups is 1. The molecule has 192 valence electrons. The molecule has 1 N–H and O–H groups in total. The van der Waals surface area contributed by atoms with E-state index in [0.29, 0.717) is 15.7 Å². The Labute approximate surface area is 213 Å². The highest BCUT2D eigenvalue weighted by Gasteiger charge is 2.58. The van der Waals surface area contributed by atoms with E-state index in [2.05, 4.69) is 0 Å². The molecular weight excluding hydrogens is 498 g/mol. The molecule has 3 rings (SSSR count). The average Bonchev–Trinajstić information content (AvgIpc) is 3.20. The van der Waals surface area contributed by atoms with Crippen molar-refractivity contribution in [1.29, 1.82) is 0 Å². The van der Waals surface area contributed by atoms with Crippen LogP contribution in [0.1, 0.15) is 54.9 Å². The summed E-state index contributed by atoms with van der Waals surface area (Å²) in [6.45, 7) is 12.8. The smallest absolute Gasteiger partial charge is 0.359 e. The lowest BCUT2D eigenvalue weighted by Crippen LogP contribution is -2.60. The summed E-state index contributed by atoms with van der Waals surface area (Å²) in [5.74, 6) is -1.38. The molecule has 11 heteroatoms. The standard InChI is InChI=1S/C23H35NO7S3/c1-12(25)14-17(26)24-15(21(33-18(14)24)32-13-8-9-34(29)10-13)19(27)30-11-31-20(28)16(22(2,3)4)23(5,6)7/h12-14,16,18,25H,8-11H2,1-7H3/t12-,13+,14+,18-,34-/m1/s1. The van der Waals surface area contributed by atoms with Crippen LogP contribution in [0.5, 0.6) is 0 Å². The second-order valence-electron chi connectivity index (χ2n) is 11.1. The number of β-lactam (4-membered cyclic amide) rings is 1. The third kappa shape index (κ3) is 5.74. The quantitative estimate of drug-likeness (QED) is 0.228. The number of fused-ring (bicyclic) bond motifs is 1. The maximum atomic E-state index is 13.0. The molecule has 8 nitrogen and oxygen atoms in total. The van der Waals surface area contributed by atoms with Gasteiger partial charge in [0, 0.05) is 6.42 Å². The molecule has 0 saturated carbocycles. The molecule has 1 amide bonds. The fraction of sp³-hybridized carbons (Fsp3) is 0.783. The van der Waals surface area contributed by atoms with Crippen molar-refractivity contribution in [1.82, 2.24) is 4.90 Å². The van der Waals surface area contributed by atoms with Crippen LogP contribution < -0.4 is 0 Å². The lowest BCUT2D eigenvalue weighted by atomic mass is 9.67. The van der Waals surface area contributed by atoms with Crippen molar-refractivity contribution >= 4 is 52.5 Å². The normalized spacial score (nSPS) is 28.2. The van der Waals surface area contributed by atoms with E-state index >= 15 is 0 Å². The van der Waals surface area contributed by atoms with Crippen LogP contribution in [0.2, 0.25) is 0 Å². The lowest BCUT2D eigenvalue weighted by Gasteiger charge is -2.43. The van der Waals surface area contributed by atoms with E-state index in [1.54, 1.807) is 6.92 Å². The van der Waals surface area contributed by atoms with Crippen LogP contribution in [0.25, 0.3) is 0 Å². The van der Waals surface area contributed by atoms with Crippen molar-refractivity contribution in [2.45, 2.75) is 71.6 Å². The molecule has 3 aliphatic heterocycles. The number of ether oxygens (including phenoxy) is 2. The van der Waals surface area contributed by atoms with Gasteiger partial charge in [0.1, 0.15) is 16.9 Å². The van der Waals surface area contributed by atoms with Crippen molar-refractivity contribution < 1.29 is 33.5 Å². The van der Waals surface area contributed by atoms with Gasteiger partial charge in [-0.25, -0.2) is 4.79 Å². The monoisotopic (exact) mass is 533 g/mol. The molecule has 2 saturated heterocycles. The zero-order valence-corrected chi connectivity index (χ0v) is 23.2. The minimum absolute atomic E-state index is 0.0853. The molecule has 0 aromatic carbocycles. The Morgan fingerprint density at radius 3 is 2.35 bits per heavy atom. The predicted molar refractivity (Wildman–Crippen MR) is 134 cm³/mol. The van der Waals surface area contributed by atoms with E-state index < -0.39 is 47.8 Å². The van der Waals surface area contributed by atoms with E-state index in [4.69, 9.17) is 9.47 Å². The van der Waals surface area contributed by atoms with E-state index in [1.165, 1.54) is 28.4 Å². The van der Waals surface area contributed by atoms with Gasteiger partial charge in [0.05, 0.1) is 27.4 Å². The molecule has 3 aliphatic rings. The first-order chi connectivity index (χ1) is 15.6. The summed E-state index contributed by atoms with van der Waals surface area (Å²) in [5, 5.41) is 9.71. The van der Waals surface area contributed by atoms with Crippen molar-refractivity contribution in [2.75, 3.05) is 18.3 Å². The Morgan fingerprint density at radius 1 is 1.24 bits per heavy atom. The molecule has 34 heavy (non-hydrogen) atoms. The number of nitrogens with zero attached hydrogens (tertiary/aromatic N) is 1. The maximum Gasteiger partial charge on any atom is 0.359 e. The van der Waals surface area contributed by atoms with Crippen molar-refractivity contribution in [2.24, 2.45) is 22.7 Å². The largest absolute Gasteiger partial charge is 0.616 e. The number of carbonyl (C=O) groups excluding carboxylic acids is 3. The summed E-state index contributed by atoms with van der Waals surface area (Å²) in [6.07, 6.45) is -0.0738. The number of rotatable bonds is 7. The van der Waals surface area contributed by atoms with Gasteiger partial charge in [-0.1, -0.05) is 64.5 Å². The molecule has 3 heterocycles. The predicted octanol–water partition coefficient (Wildman–Crippen LogP) is 3.07. The third-order valence-electron chi connectivity index (χ3n) is 6.13. The van der Waals surface area contributed by atoms with Gasteiger partial charge in [-0.05, 0) is 17.8 Å². The Balaban J connectivity index is 1.70. The number of carbonyl (C=O) groups is 3. The Morgan fingerprint density at radius 2 is 1.85 bits per heavy atom. The fourth-order valence-electron chi connectivity index (χ4n) is 5.00. The molecule has 2 fully saturated rings. The Bertz CT molecular complexity index is 848.